The van der Waals surface area contributed by atoms with E-state index in [1.165, 1.54) is 31.7 Å². The second kappa shape index (κ2) is 4.58. The molecule has 0 amide bonds. The minimum Gasteiger partial charge on any atom is -0.418 e. The molecule has 0 aromatic rings. The molecule has 13 heavy (non-hydrogen) atoms. The van der Waals surface area contributed by atoms with Gasteiger partial charge in [0.15, 0.2) is 0 Å². The molecule has 2 aliphatic rings. The van der Waals surface area contributed by atoms with Gasteiger partial charge in [-0.15, -0.1) is 0 Å². The average molecular weight is 198 g/mol. The molecule has 3 heteroatoms. The van der Waals surface area contributed by atoms with E-state index in [4.69, 9.17) is 9.16 Å². The summed E-state index contributed by atoms with van der Waals surface area (Å²) in [6, 6.07) is 1.26. The summed E-state index contributed by atoms with van der Waals surface area (Å²) < 4.78 is 10.9. The van der Waals surface area contributed by atoms with E-state index in [0.29, 0.717) is 12.2 Å². The van der Waals surface area contributed by atoms with Crippen molar-refractivity contribution in [3.63, 3.8) is 0 Å². The van der Waals surface area contributed by atoms with Crippen LogP contribution in [0.3, 0.4) is 0 Å². The van der Waals surface area contributed by atoms with Gasteiger partial charge in [-0.25, -0.2) is 0 Å². The maximum atomic E-state index is 5.51. The second-order valence-corrected chi connectivity index (χ2v) is 5.09. The Kier molecular flexibility index (Phi) is 3.41. The SMILES string of the molecule is CCO[Si]CCC1CCC2OC2C1. The topological polar surface area (TPSA) is 21.8 Å². The van der Waals surface area contributed by atoms with E-state index in [1.807, 2.05) is 0 Å². The highest BCUT2D eigenvalue weighted by Crippen LogP contribution is 2.40. The van der Waals surface area contributed by atoms with Crippen LogP contribution < -0.4 is 0 Å². The standard InChI is InChI=1S/C10H18O2Si/c1-2-11-13-6-5-8-3-4-9-10(7-8)12-9/h8-10H,2-7H2,1H3. The van der Waals surface area contributed by atoms with Gasteiger partial charge in [-0.3, -0.25) is 0 Å². The summed E-state index contributed by atoms with van der Waals surface area (Å²) in [4.78, 5) is 0. The van der Waals surface area contributed by atoms with Crippen LogP contribution in [0.4, 0.5) is 0 Å². The minimum atomic E-state index is 0.647. The lowest BCUT2D eigenvalue weighted by atomic mass is 9.88. The van der Waals surface area contributed by atoms with Crippen LogP contribution in [-0.4, -0.2) is 28.6 Å². The predicted molar refractivity (Wildman–Crippen MR) is 52.8 cm³/mol. The molecule has 74 valence electrons. The van der Waals surface area contributed by atoms with Crippen molar-refractivity contribution in [3.05, 3.63) is 0 Å². The van der Waals surface area contributed by atoms with Gasteiger partial charge in [0.1, 0.15) is 0 Å². The molecule has 0 aromatic heterocycles. The first-order chi connectivity index (χ1) is 6.40. The van der Waals surface area contributed by atoms with Crippen LogP contribution in [0.5, 0.6) is 0 Å². The van der Waals surface area contributed by atoms with Crippen LogP contribution in [0.1, 0.15) is 32.6 Å². The zero-order valence-electron chi connectivity index (χ0n) is 8.29. The fourth-order valence-electron chi connectivity index (χ4n) is 2.19. The van der Waals surface area contributed by atoms with Gasteiger partial charge in [0.05, 0.1) is 12.2 Å². The summed E-state index contributed by atoms with van der Waals surface area (Å²) in [7, 11) is 0.722. The zero-order valence-corrected chi connectivity index (χ0v) is 9.29. The van der Waals surface area contributed by atoms with Crippen LogP contribution in [0.25, 0.3) is 0 Å². The van der Waals surface area contributed by atoms with Crippen LogP contribution in [0.2, 0.25) is 6.04 Å². The van der Waals surface area contributed by atoms with Crippen LogP contribution in [0.15, 0.2) is 0 Å². The predicted octanol–water partition coefficient (Wildman–Crippen LogP) is 2.02. The van der Waals surface area contributed by atoms with E-state index in [2.05, 4.69) is 6.92 Å². The van der Waals surface area contributed by atoms with Crippen molar-refractivity contribution in [1.29, 1.82) is 0 Å². The van der Waals surface area contributed by atoms with Gasteiger partial charge in [-0.05, 0) is 38.1 Å². The Balaban J connectivity index is 1.54. The quantitative estimate of drug-likeness (QED) is 0.383. The Bertz CT molecular complexity index is 163. The van der Waals surface area contributed by atoms with E-state index < -0.39 is 0 Å². The molecule has 2 nitrogen and oxygen atoms in total. The van der Waals surface area contributed by atoms with Gasteiger partial charge in [0.2, 0.25) is 9.76 Å². The third-order valence-electron chi connectivity index (χ3n) is 3.01. The molecule has 2 fully saturated rings. The Morgan fingerprint density at radius 3 is 3.08 bits per heavy atom. The van der Waals surface area contributed by atoms with Gasteiger partial charge >= 0.3 is 0 Å². The summed E-state index contributed by atoms with van der Waals surface area (Å²) >= 11 is 0. The Hall–Kier alpha value is 0.137. The fraction of sp³-hybridized carbons (Fsp3) is 1.00. The van der Waals surface area contributed by atoms with Crippen molar-refractivity contribution in [2.75, 3.05) is 6.61 Å². The van der Waals surface area contributed by atoms with Crippen molar-refractivity contribution >= 4 is 9.76 Å². The summed E-state index contributed by atoms with van der Waals surface area (Å²) in [5.74, 6) is 0.928. The molecule has 2 radical (unpaired) electrons. The van der Waals surface area contributed by atoms with E-state index in [-0.39, 0.29) is 0 Å². The summed E-state index contributed by atoms with van der Waals surface area (Å²) in [6.07, 6.45) is 6.68. The molecular formula is C10H18O2Si. The van der Waals surface area contributed by atoms with Crippen LogP contribution in [-0.2, 0) is 9.16 Å². The molecule has 1 aliphatic heterocycles. The molecule has 2 rings (SSSR count). The number of hydrogen-bond acceptors (Lipinski definition) is 2. The number of hydrogen-bond donors (Lipinski definition) is 0. The number of rotatable bonds is 5. The molecule has 0 bridgehead atoms. The largest absolute Gasteiger partial charge is 0.418 e. The van der Waals surface area contributed by atoms with E-state index >= 15 is 0 Å². The molecule has 0 aromatic carbocycles. The molecule has 0 spiro atoms. The summed E-state index contributed by atoms with van der Waals surface area (Å²) in [6.45, 7) is 2.94. The van der Waals surface area contributed by atoms with Gasteiger partial charge in [0, 0.05) is 6.61 Å². The maximum Gasteiger partial charge on any atom is 0.229 e. The van der Waals surface area contributed by atoms with Crippen molar-refractivity contribution in [3.8, 4) is 0 Å². The van der Waals surface area contributed by atoms with E-state index in [0.717, 1.165) is 22.3 Å². The Labute approximate surface area is 82.9 Å². The van der Waals surface area contributed by atoms with Gasteiger partial charge in [0.25, 0.3) is 0 Å². The lowest BCUT2D eigenvalue weighted by molar-refractivity contribution is 0.341. The van der Waals surface area contributed by atoms with Crippen molar-refractivity contribution in [2.24, 2.45) is 5.92 Å². The number of epoxide rings is 1. The molecule has 1 heterocycles. The number of ether oxygens (including phenoxy) is 1. The highest BCUT2D eigenvalue weighted by molar-refractivity contribution is 6.26. The fourth-order valence-corrected chi connectivity index (χ4v) is 3.06. The lowest BCUT2D eigenvalue weighted by Gasteiger charge is -2.17. The van der Waals surface area contributed by atoms with Crippen molar-refractivity contribution in [2.45, 2.75) is 50.9 Å². The third kappa shape index (κ3) is 2.79. The molecule has 3 atom stereocenters. The zero-order chi connectivity index (χ0) is 9.10. The molecule has 3 unspecified atom stereocenters. The first-order valence-electron chi connectivity index (χ1n) is 5.40. The van der Waals surface area contributed by atoms with E-state index in [9.17, 15) is 0 Å². The highest BCUT2D eigenvalue weighted by atomic mass is 28.2. The van der Waals surface area contributed by atoms with Gasteiger partial charge in [-0.1, -0.05) is 6.42 Å². The van der Waals surface area contributed by atoms with Gasteiger partial charge in [-0.2, -0.15) is 0 Å². The van der Waals surface area contributed by atoms with Crippen molar-refractivity contribution in [1.82, 2.24) is 0 Å². The lowest BCUT2D eigenvalue weighted by Crippen LogP contribution is -2.14. The smallest absolute Gasteiger partial charge is 0.229 e. The van der Waals surface area contributed by atoms with Crippen LogP contribution >= 0.6 is 0 Å². The first-order valence-corrected chi connectivity index (χ1v) is 6.51. The molecule has 0 N–H and O–H groups in total. The average Bonchev–Trinajstić information content (AvgIpc) is 2.90. The molecule has 1 saturated carbocycles. The summed E-state index contributed by atoms with van der Waals surface area (Å²) in [5, 5.41) is 0. The van der Waals surface area contributed by atoms with Crippen molar-refractivity contribution < 1.29 is 9.16 Å². The van der Waals surface area contributed by atoms with Crippen LogP contribution in [0, 0.1) is 5.92 Å². The van der Waals surface area contributed by atoms with E-state index in [1.54, 1.807) is 0 Å². The summed E-state index contributed by atoms with van der Waals surface area (Å²) in [5.41, 5.74) is 0. The number of fused-ring (bicyclic) bond motifs is 1. The monoisotopic (exact) mass is 198 g/mol. The molecule has 1 aliphatic carbocycles. The second-order valence-electron chi connectivity index (χ2n) is 4.01. The maximum absolute atomic E-state index is 5.51. The third-order valence-corrected chi connectivity index (χ3v) is 4.00. The highest BCUT2D eigenvalue weighted by Gasteiger charge is 2.43. The van der Waals surface area contributed by atoms with Gasteiger partial charge < -0.3 is 9.16 Å². The Morgan fingerprint density at radius 2 is 2.31 bits per heavy atom. The normalized spacial score (nSPS) is 37.2. The first kappa shape index (κ1) is 9.68. The minimum absolute atomic E-state index is 0.647. The Morgan fingerprint density at radius 1 is 1.38 bits per heavy atom. The molecular weight excluding hydrogens is 180 g/mol. The molecule has 1 saturated heterocycles.